The number of rotatable bonds is 5. The van der Waals surface area contributed by atoms with Crippen LogP contribution in [0.4, 0.5) is 0 Å². The van der Waals surface area contributed by atoms with Crippen molar-refractivity contribution in [1.82, 2.24) is 0 Å². The smallest absolute Gasteiger partial charge is 0.328 e. The number of carboxylic acid groups (broad SMARTS) is 1. The summed E-state index contributed by atoms with van der Waals surface area (Å²) in [6.45, 7) is 10.2. The molecule has 0 saturated heterocycles. The van der Waals surface area contributed by atoms with E-state index in [-0.39, 0.29) is 11.2 Å². The molecule has 0 fully saturated rings. The maximum atomic E-state index is 10.6. The number of aliphatic hydroxyl groups excluding tert-OH is 1. The predicted octanol–water partition coefficient (Wildman–Crippen LogP) is 5.49. The van der Waals surface area contributed by atoms with Gasteiger partial charge in [0.15, 0.2) is 0 Å². The van der Waals surface area contributed by atoms with Gasteiger partial charge in [0.1, 0.15) is 5.76 Å². The van der Waals surface area contributed by atoms with Crippen LogP contribution in [0, 0.1) is 5.41 Å². The second-order valence-electron chi connectivity index (χ2n) is 6.89. The molecule has 0 aromatic rings. The van der Waals surface area contributed by atoms with Crippen LogP contribution in [0.3, 0.4) is 0 Å². The standard InChI is InChI=1S/C20H28O3/c1-14(13-19(22)23)8-11-18(21)16(3)9-10-17-15(2)7-6-12-20(17,4)5/h8-11,13,21H,6-7,12H2,1-5H3,(H,22,23)/b10-9+,11-8+,14-13-,18-16-. The lowest BCUT2D eigenvalue weighted by atomic mass is 9.72. The van der Waals surface area contributed by atoms with E-state index in [1.165, 1.54) is 30.1 Å². The lowest BCUT2D eigenvalue weighted by Crippen LogP contribution is -2.19. The van der Waals surface area contributed by atoms with Crippen molar-refractivity contribution >= 4 is 5.97 Å². The summed E-state index contributed by atoms with van der Waals surface area (Å²) in [5, 5.41) is 18.7. The minimum Gasteiger partial charge on any atom is -0.508 e. The Hall–Kier alpha value is -2.03. The highest BCUT2D eigenvalue weighted by Crippen LogP contribution is 2.40. The van der Waals surface area contributed by atoms with E-state index in [4.69, 9.17) is 5.11 Å². The minimum atomic E-state index is -0.992. The molecule has 0 unspecified atom stereocenters. The largest absolute Gasteiger partial charge is 0.508 e. The molecule has 2 N–H and O–H groups in total. The van der Waals surface area contributed by atoms with E-state index in [1.54, 1.807) is 13.0 Å². The molecule has 3 nitrogen and oxygen atoms in total. The first-order valence-electron chi connectivity index (χ1n) is 8.01. The first-order chi connectivity index (χ1) is 10.6. The van der Waals surface area contributed by atoms with Crippen molar-refractivity contribution in [1.29, 1.82) is 0 Å². The third kappa shape index (κ3) is 5.93. The molecule has 1 aliphatic rings. The molecular weight excluding hydrogens is 288 g/mol. The van der Waals surface area contributed by atoms with Gasteiger partial charge in [0, 0.05) is 6.08 Å². The summed E-state index contributed by atoms with van der Waals surface area (Å²) in [5.41, 5.74) is 4.27. The molecule has 0 saturated carbocycles. The van der Waals surface area contributed by atoms with Crippen molar-refractivity contribution < 1.29 is 15.0 Å². The van der Waals surface area contributed by atoms with E-state index in [0.29, 0.717) is 5.57 Å². The Morgan fingerprint density at radius 1 is 1.13 bits per heavy atom. The van der Waals surface area contributed by atoms with E-state index in [1.807, 2.05) is 13.0 Å². The fourth-order valence-corrected chi connectivity index (χ4v) is 2.89. The fourth-order valence-electron chi connectivity index (χ4n) is 2.89. The molecule has 23 heavy (non-hydrogen) atoms. The molecule has 126 valence electrons. The average Bonchev–Trinajstić information content (AvgIpc) is 2.42. The summed E-state index contributed by atoms with van der Waals surface area (Å²) in [6.07, 6.45) is 11.8. The van der Waals surface area contributed by atoms with Crippen molar-refractivity contribution in [2.45, 2.75) is 53.9 Å². The second-order valence-corrected chi connectivity index (χ2v) is 6.89. The number of hydrogen-bond donors (Lipinski definition) is 2. The summed E-state index contributed by atoms with van der Waals surface area (Å²) >= 11 is 0. The molecule has 3 heteroatoms. The van der Waals surface area contributed by atoms with Gasteiger partial charge in [0.25, 0.3) is 0 Å². The lowest BCUT2D eigenvalue weighted by Gasteiger charge is -2.32. The molecule has 0 aromatic heterocycles. The minimum absolute atomic E-state index is 0.145. The van der Waals surface area contributed by atoms with Crippen LogP contribution in [-0.4, -0.2) is 16.2 Å². The summed E-state index contributed by atoms with van der Waals surface area (Å²) in [7, 11) is 0. The van der Waals surface area contributed by atoms with Gasteiger partial charge < -0.3 is 10.2 Å². The number of carbonyl (C=O) groups is 1. The molecule has 0 aliphatic heterocycles. The van der Waals surface area contributed by atoms with E-state index in [0.717, 1.165) is 18.1 Å². The quantitative estimate of drug-likeness (QED) is 0.400. The van der Waals surface area contributed by atoms with E-state index < -0.39 is 5.97 Å². The van der Waals surface area contributed by atoms with Crippen LogP contribution in [0.5, 0.6) is 0 Å². The van der Waals surface area contributed by atoms with Crippen LogP contribution in [0.2, 0.25) is 0 Å². The van der Waals surface area contributed by atoms with Gasteiger partial charge in [-0.25, -0.2) is 4.79 Å². The van der Waals surface area contributed by atoms with E-state index in [9.17, 15) is 9.90 Å². The fraction of sp³-hybridized carbons (Fsp3) is 0.450. The molecule has 1 rings (SSSR count). The maximum absolute atomic E-state index is 10.6. The molecule has 0 bridgehead atoms. The predicted molar refractivity (Wildman–Crippen MR) is 95.3 cm³/mol. The summed E-state index contributed by atoms with van der Waals surface area (Å²) in [4.78, 5) is 10.6. The van der Waals surface area contributed by atoms with Crippen LogP contribution in [0.1, 0.15) is 53.9 Å². The van der Waals surface area contributed by atoms with Gasteiger partial charge in [0.05, 0.1) is 0 Å². The number of aliphatic hydroxyl groups is 1. The zero-order valence-corrected chi connectivity index (χ0v) is 14.8. The lowest BCUT2D eigenvalue weighted by molar-refractivity contribution is -0.131. The van der Waals surface area contributed by atoms with Crippen molar-refractivity contribution in [3.8, 4) is 0 Å². The normalized spacial score (nSPS) is 20.3. The molecule has 0 aromatic carbocycles. The second kappa shape index (κ2) is 8.00. The highest BCUT2D eigenvalue weighted by atomic mass is 16.4. The van der Waals surface area contributed by atoms with Crippen LogP contribution in [-0.2, 0) is 4.79 Å². The Morgan fingerprint density at radius 3 is 2.35 bits per heavy atom. The Labute approximate surface area is 139 Å². The topological polar surface area (TPSA) is 57.5 Å². The third-order valence-corrected chi connectivity index (χ3v) is 4.30. The molecular formula is C20H28O3. The van der Waals surface area contributed by atoms with Crippen molar-refractivity contribution in [2.75, 3.05) is 0 Å². The molecule has 0 atom stereocenters. The van der Waals surface area contributed by atoms with E-state index in [2.05, 4.69) is 26.8 Å². The van der Waals surface area contributed by atoms with Crippen molar-refractivity contribution in [3.05, 3.63) is 58.4 Å². The maximum Gasteiger partial charge on any atom is 0.328 e. The molecule has 0 amide bonds. The van der Waals surface area contributed by atoms with Gasteiger partial charge >= 0.3 is 5.97 Å². The summed E-state index contributed by atoms with van der Waals surface area (Å²) < 4.78 is 0. The highest BCUT2D eigenvalue weighted by molar-refractivity contribution is 5.81. The van der Waals surface area contributed by atoms with Gasteiger partial charge in [-0.1, -0.05) is 37.6 Å². The van der Waals surface area contributed by atoms with Gasteiger partial charge in [0.2, 0.25) is 0 Å². The Morgan fingerprint density at radius 2 is 1.78 bits per heavy atom. The first kappa shape index (κ1) is 19.0. The Kier molecular flexibility index (Phi) is 6.62. The van der Waals surface area contributed by atoms with Gasteiger partial charge in [-0.3, -0.25) is 0 Å². The van der Waals surface area contributed by atoms with Gasteiger partial charge in [-0.2, -0.15) is 0 Å². The molecule has 0 heterocycles. The van der Waals surface area contributed by atoms with Crippen LogP contribution >= 0.6 is 0 Å². The number of carboxylic acids is 1. The third-order valence-electron chi connectivity index (χ3n) is 4.30. The number of aliphatic carboxylic acids is 1. The van der Waals surface area contributed by atoms with Gasteiger partial charge in [-0.15, -0.1) is 0 Å². The van der Waals surface area contributed by atoms with E-state index >= 15 is 0 Å². The number of hydrogen-bond acceptors (Lipinski definition) is 2. The SMILES string of the molecule is CC1=C(/C=C/C(C)=C(O)/C=C/C(C)=C\C(=O)O)C(C)(C)CCC1. The van der Waals surface area contributed by atoms with Crippen molar-refractivity contribution in [3.63, 3.8) is 0 Å². The van der Waals surface area contributed by atoms with Gasteiger partial charge in [-0.05, 0) is 68.2 Å². The molecule has 1 aliphatic carbocycles. The van der Waals surface area contributed by atoms with Crippen LogP contribution < -0.4 is 0 Å². The average molecular weight is 316 g/mol. The van der Waals surface area contributed by atoms with Crippen LogP contribution in [0.15, 0.2) is 58.4 Å². The zero-order valence-electron chi connectivity index (χ0n) is 14.8. The monoisotopic (exact) mass is 316 g/mol. The Balaban J connectivity index is 2.94. The van der Waals surface area contributed by atoms with Crippen LogP contribution in [0.25, 0.3) is 0 Å². The molecule has 0 spiro atoms. The summed E-state index contributed by atoms with van der Waals surface area (Å²) in [5.74, 6) is -0.847. The molecule has 0 radical (unpaired) electrons. The first-order valence-corrected chi connectivity index (χ1v) is 8.01. The highest BCUT2D eigenvalue weighted by Gasteiger charge is 2.26. The Bertz CT molecular complexity index is 611. The van der Waals surface area contributed by atoms with Crippen molar-refractivity contribution in [2.24, 2.45) is 5.41 Å². The zero-order chi connectivity index (χ0) is 17.6. The number of allylic oxidation sites excluding steroid dienone is 8. The summed E-state index contributed by atoms with van der Waals surface area (Å²) in [6, 6.07) is 0.